The number of carbonyl (C=O) groups excluding carboxylic acids is 5. The van der Waals surface area contributed by atoms with Crippen LogP contribution in [0.25, 0.3) is 0 Å². The molecule has 4 amide bonds. The zero-order valence-corrected chi connectivity index (χ0v) is 20.9. The van der Waals surface area contributed by atoms with Gasteiger partial charge >= 0.3 is 5.97 Å². The van der Waals surface area contributed by atoms with Crippen LogP contribution < -0.4 is 21.3 Å². The second-order valence-electron chi connectivity index (χ2n) is 7.84. The van der Waals surface area contributed by atoms with E-state index in [1.165, 1.54) is 33.3 Å². The van der Waals surface area contributed by atoms with Gasteiger partial charge in [0, 0.05) is 31.3 Å². The highest BCUT2D eigenvalue weighted by atomic mass is 32.2. The zero-order valence-electron chi connectivity index (χ0n) is 20.0. The van der Waals surface area contributed by atoms with Crippen molar-refractivity contribution in [3.05, 3.63) is 18.2 Å². The highest BCUT2D eigenvalue weighted by Crippen LogP contribution is 2.11. The van der Waals surface area contributed by atoms with Crippen molar-refractivity contribution >= 4 is 47.1 Å². The molecule has 0 aliphatic rings. The van der Waals surface area contributed by atoms with Gasteiger partial charge in [-0.25, -0.2) is 4.98 Å². The van der Waals surface area contributed by atoms with E-state index >= 15 is 0 Å². The van der Waals surface area contributed by atoms with Crippen molar-refractivity contribution in [2.24, 2.45) is 0 Å². The summed E-state index contributed by atoms with van der Waals surface area (Å²) in [4.78, 5) is 78.5. The van der Waals surface area contributed by atoms with Gasteiger partial charge < -0.3 is 31.4 Å². The second kappa shape index (κ2) is 14.8. The van der Waals surface area contributed by atoms with Crippen LogP contribution in [-0.4, -0.2) is 86.6 Å². The number of rotatable bonds is 15. The third kappa shape index (κ3) is 11.0. The van der Waals surface area contributed by atoms with Gasteiger partial charge in [-0.05, 0) is 27.0 Å². The number of imidazole rings is 1. The summed E-state index contributed by atoms with van der Waals surface area (Å²) < 4.78 is 0. The van der Waals surface area contributed by atoms with Crippen molar-refractivity contribution in [1.82, 2.24) is 31.2 Å². The predicted octanol–water partition coefficient (Wildman–Crippen LogP) is -1.25. The fourth-order valence-corrected chi connectivity index (χ4v) is 3.37. The Morgan fingerprint density at radius 1 is 1.03 bits per heavy atom. The summed E-state index contributed by atoms with van der Waals surface area (Å²) in [6.07, 6.45) is 4.08. The summed E-state index contributed by atoms with van der Waals surface area (Å²) in [6.45, 7) is 4.25. The van der Waals surface area contributed by atoms with E-state index in [-0.39, 0.29) is 31.6 Å². The van der Waals surface area contributed by atoms with Crippen molar-refractivity contribution < 1.29 is 33.9 Å². The first kappa shape index (κ1) is 29.6. The molecular weight excluding hydrogens is 480 g/mol. The summed E-state index contributed by atoms with van der Waals surface area (Å²) in [5, 5.41) is 18.2. The fourth-order valence-electron chi connectivity index (χ4n) is 2.77. The van der Waals surface area contributed by atoms with Crippen LogP contribution >= 0.6 is 11.8 Å². The molecule has 1 heterocycles. The van der Waals surface area contributed by atoms with Gasteiger partial charge in [0.05, 0.1) is 24.0 Å². The number of aromatic amines is 1. The fraction of sp³-hybridized carbons (Fsp3) is 0.571. The van der Waals surface area contributed by atoms with Crippen molar-refractivity contribution in [2.75, 3.05) is 12.8 Å². The minimum atomic E-state index is -1.11. The molecule has 0 spiro atoms. The lowest BCUT2D eigenvalue weighted by Crippen LogP contribution is -2.55. The molecule has 0 saturated carbocycles. The highest BCUT2D eigenvalue weighted by molar-refractivity contribution is 7.99. The van der Waals surface area contributed by atoms with E-state index in [4.69, 9.17) is 5.11 Å². The molecule has 0 radical (unpaired) electrons. The number of thioether (sulfide) groups is 1. The molecule has 0 saturated heterocycles. The zero-order chi connectivity index (χ0) is 26.5. The SMILES string of the molecule is CSC(CC(=O)O)C(=O)NCCC(=O)N[C@@H](Cc1cnc[nH]1)C(=O)N[C@@H](C)C(=O)N[C@@H](C)C(C)=O. The second-order valence-corrected chi connectivity index (χ2v) is 8.88. The third-order valence-corrected chi connectivity index (χ3v) is 5.89. The van der Waals surface area contributed by atoms with Crippen LogP contribution in [0, 0.1) is 0 Å². The molecular formula is C21H32N6O7S. The summed E-state index contributed by atoms with van der Waals surface area (Å²) in [7, 11) is 0. The average Bonchev–Trinajstić information content (AvgIpc) is 3.29. The quantitative estimate of drug-likeness (QED) is 0.166. The molecule has 0 aliphatic heterocycles. The lowest BCUT2D eigenvalue weighted by molar-refractivity contribution is -0.138. The van der Waals surface area contributed by atoms with E-state index in [2.05, 4.69) is 31.2 Å². The molecule has 0 fully saturated rings. The number of aliphatic carboxylic acids is 1. The van der Waals surface area contributed by atoms with E-state index < -0.39 is 53.0 Å². The molecule has 0 aliphatic carbocycles. The van der Waals surface area contributed by atoms with Crippen molar-refractivity contribution in [2.45, 2.75) is 63.4 Å². The normalized spacial score (nSPS) is 14.1. The molecule has 1 rings (SSSR count). The maximum absolute atomic E-state index is 12.8. The van der Waals surface area contributed by atoms with Gasteiger partial charge in [-0.2, -0.15) is 11.8 Å². The van der Waals surface area contributed by atoms with E-state index in [9.17, 15) is 28.8 Å². The number of hydrogen-bond donors (Lipinski definition) is 6. The number of amides is 4. The Morgan fingerprint density at radius 2 is 1.69 bits per heavy atom. The number of carboxylic acid groups (broad SMARTS) is 1. The van der Waals surface area contributed by atoms with E-state index in [1.54, 1.807) is 6.26 Å². The summed E-state index contributed by atoms with van der Waals surface area (Å²) in [6, 6.07) is -2.73. The van der Waals surface area contributed by atoms with Crippen LogP contribution in [0.3, 0.4) is 0 Å². The maximum atomic E-state index is 12.8. The van der Waals surface area contributed by atoms with E-state index in [0.717, 1.165) is 11.8 Å². The first-order valence-electron chi connectivity index (χ1n) is 10.8. The van der Waals surface area contributed by atoms with Crippen LogP contribution in [0.15, 0.2) is 12.5 Å². The maximum Gasteiger partial charge on any atom is 0.305 e. The van der Waals surface area contributed by atoms with Crippen molar-refractivity contribution in [3.8, 4) is 0 Å². The number of carbonyl (C=O) groups is 6. The van der Waals surface area contributed by atoms with Gasteiger partial charge in [0.1, 0.15) is 12.1 Å². The van der Waals surface area contributed by atoms with Gasteiger partial charge in [-0.1, -0.05) is 0 Å². The molecule has 194 valence electrons. The number of nitrogens with one attached hydrogen (secondary N) is 5. The number of Topliss-reactive ketones (excluding diaryl/α,β-unsaturated/α-hetero) is 1. The Hall–Kier alpha value is -3.42. The van der Waals surface area contributed by atoms with Crippen LogP contribution in [0.5, 0.6) is 0 Å². The lowest BCUT2D eigenvalue weighted by Gasteiger charge is -2.22. The number of carboxylic acids is 1. The Bertz CT molecular complexity index is 908. The monoisotopic (exact) mass is 512 g/mol. The molecule has 1 aromatic rings. The van der Waals surface area contributed by atoms with Crippen molar-refractivity contribution in [3.63, 3.8) is 0 Å². The average molecular weight is 513 g/mol. The molecule has 0 aromatic carbocycles. The van der Waals surface area contributed by atoms with E-state index in [1.807, 2.05) is 0 Å². The molecule has 35 heavy (non-hydrogen) atoms. The van der Waals surface area contributed by atoms with Crippen LogP contribution in [0.2, 0.25) is 0 Å². The predicted molar refractivity (Wildman–Crippen MR) is 127 cm³/mol. The summed E-state index contributed by atoms with van der Waals surface area (Å²) >= 11 is 1.09. The molecule has 13 nitrogen and oxygen atoms in total. The first-order chi connectivity index (χ1) is 16.4. The third-order valence-electron chi connectivity index (χ3n) is 4.94. The standard InChI is InChI=1S/C21H32N6O7S/c1-11(13(3)28)25-19(32)12(2)26-20(33)15(7-14-9-22-10-24-14)27-17(29)5-6-23-21(34)16(35-4)8-18(30)31/h9-12,15-16H,5-8H2,1-4H3,(H,22,24)(H,23,34)(H,25,32)(H,26,33)(H,27,29)(H,30,31)/t11-,12-,15-,16?/m0/s1. The minimum absolute atomic E-state index is 0.0541. The largest absolute Gasteiger partial charge is 0.481 e. The molecule has 0 bridgehead atoms. The number of H-pyrrole nitrogens is 1. The molecule has 6 N–H and O–H groups in total. The summed E-state index contributed by atoms with van der Waals surface area (Å²) in [5.41, 5.74) is 0.567. The van der Waals surface area contributed by atoms with Crippen LogP contribution in [0.4, 0.5) is 0 Å². The van der Waals surface area contributed by atoms with Gasteiger partial charge in [-0.15, -0.1) is 0 Å². The Labute approximate surface area is 207 Å². The van der Waals surface area contributed by atoms with Gasteiger partial charge in [-0.3, -0.25) is 28.8 Å². The van der Waals surface area contributed by atoms with Crippen LogP contribution in [0.1, 0.15) is 39.3 Å². The smallest absolute Gasteiger partial charge is 0.305 e. The summed E-state index contributed by atoms with van der Waals surface area (Å²) in [5.74, 6) is -3.56. The van der Waals surface area contributed by atoms with Gasteiger partial charge in [0.15, 0.2) is 5.78 Å². The lowest BCUT2D eigenvalue weighted by atomic mass is 10.1. The van der Waals surface area contributed by atoms with Crippen LogP contribution in [-0.2, 0) is 35.2 Å². The van der Waals surface area contributed by atoms with Gasteiger partial charge in [0.25, 0.3) is 0 Å². The van der Waals surface area contributed by atoms with Crippen molar-refractivity contribution in [1.29, 1.82) is 0 Å². The highest BCUT2D eigenvalue weighted by Gasteiger charge is 2.26. The Balaban J connectivity index is 2.70. The molecule has 1 aromatic heterocycles. The number of nitrogens with zero attached hydrogens (tertiary/aromatic N) is 1. The Kier molecular flexibility index (Phi) is 12.5. The number of hydrogen-bond acceptors (Lipinski definition) is 8. The number of ketones is 1. The van der Waals surface area contributed by atoms with Gasteiger partial charge in [0.2, 0.25) is 23.6 Å². The minimum Gasteiger partial charge on any atom is -0.481 e. The molecule has 4 atom stereocenters. The molecule has 1 unspecified atom stereocenters. The topological polar surface area (TPSA) is 199 Å². The first-order valence-corrected chi connectivity index (χ1v) is 12.1. The molecule has 14 heteroatoms. The van der Waals surface area contributed by atoms with E-state index in [0.29, 0.717) is 5.69 Å². The Morgan fingerprint density at radius 3 is 2.23 bits per heavy atom. The number of aromatic nitrogens is 2.